The summed E-state index contributed by atoms with van der Waals surface area (Å²) < 4.78 is 82.9. The summed E-state index contributed by atoms with van der Waals surface area (Å²) in [6.07, 6.45) is -10.6. The van der Waals surface area contributed by atoms with Gasteiger partial charge in [0.25, 0.3) is 12.1 Å². The molecule has 0 saturated heterocycles. The van der Waals surface area contributed by atoms with Gasteiger partial charge in [0, 0.05) is 0 Å². The molecule has 0 aliphatic rings. The highest BCUT2D eigenvalue weighted by Crippen LogP contribution is 2.55. The van der Waals surface area contributed by atoms with E-state index in [-0.39, 0.29) is 6.92 Å². The van der Waals surface area contributed by atoms with Gasteiger partial charge in [-0.1, -0.05) is 0 Å². The van der Waals surface area contributed by atoms with Crippen LogP contribution in [0.25, 0.3) is 0 Å². The standard InChI is InChI=1S/C5H7F6O3P/c1-2(15(12,13)14)4(8,3(6)7)5(9,10)11/h2-3H,1H3,(H2,12,13,14). The van der Waals surface area contributed by atoms with Crippen LogP contribution < -0.4 is 0 Å². The third-order valence-electron chi connectivity index (χ3n) is 1.86. The molecule has 0 rings (SSSR count). The van der Waals surface area contributed by atoms with E-state index in [4.69, 9.17) is 9.79 Å². The first-order chi connectivity index (χ1) is 6.35. The fourth-order valence-electron chi connectivity index (χ4n) is 0.788. The van der Waals surface area contributed by atoms with E-state index < -0.39 is 31.5 Å². The summed E-state index contributed by atoms with van der Waals surface area (Å²) in [6, 6.07) is 0. The maximum Gasteiger partial charge on any atom is 0.429 e. The molecule has 10 heteroatoms. The van der Waals surface area contributed by atoms with Gasteiger partial charge in [0.15, 0.2) is 0 Å². The van der Waals surface area contributed by atoms with Crippen molar-refractivity contribution in [3.05, 3.63) is 0 Å². The zero-order valence-electron chi connectivity index (χ0n) is 7.17. The minimum Gasteiger partial charge on any atom is -0.324 e. The highest BCUT2D eigenvalue weighted by atomic mass is 31.2. The lowest BCUT2D eigenvalue weighted by atomic mass is 10.0. The van der Waals surface area contributed by atoms with Crippen LogP contribution in [0.15, 0.2) is 0 Å². The Balaban J connectivity index is 5.43. The molecule has 0 bridgehead atoms. The smallest absolute Gasteiger partial charge is 0.324 e. The summed E-state index contributed by atoms with van der Waals surface area (Å²) in [6.45, 7) is 0.0838. The molecule has 2 atom stereocenters. The Kier molecular flexibility index (Phi) is 3.88. The molecule has 0 aliphatic heterocycles. The fourth-order valence-corrected chi connectivity index (χ4v) is 1.54. The van der Waals surface area contributed by atoms with E-state index in [1.54, 1.807) is 0 Å². The molecule has 0 aliphatic carbocycles. The lowest BCUT2D eigenvalue weighted by molar-refractivity contribution is -0.268. The van der Waals surface area contributed by atoms with Gasteiger partial charge >= 0.3 is 13.8 Å². The predicted molar refractivity (Wildman–Crippen MR) is 37.4 cm³/mol. The number of rotatable bonds is 3. The number of hydrogen-bond acceptors (Lipinski definition) is 1. The molecule has 15 heavy (non-hydrogen) atoms. The predicted octanol–water partition coefficient (Wildman–Crippen LogP) is 2.09. The average molecular weight is 260 g/mol. The molecule has 3 nitrogen and oxygen atoms in total. The molecule has 0 fully saturated rings. The zero-order chi connectivity index (χ0) is 12.7. The van der Waals surface area contributed by atoms with Gasteiger partial charge in [-0.05, 0) is 6.92 Å². The second kappa shape index (κ2) is 3.95. The molecule has 0 heterocycles. The Morgan fingerprint density at radius 1 is 1.13 bits per heavy atom. The van der Waals surface area contributed by atoms with Crippen LogP contribution in [0.4, 0.5) is 26.3 Å². The SMILES string of the molecule is CC(C(F)(C(F)F)C(F)(F)F)P(=O)(O)O. The summed E-state index contributed by atoms with van der Waals surface area (Å²) >= 11 is 0. The average Bonchev–Trinajstić information content (AvgIpc) is 1.97. The molecule has 0 spiro atoms. The van der Waals surface area contributed by atoms with Crippen molar-refractivity contribution in [2.24, 2.45) is 0 Å². The van der Waals surface area contributed by atoms with Gasteiger partial charge in [-0.2, -0.15) is 13.2 Å². The van der Waals surface area contributed by atoms with Crippen LogP contribution in [-0.4, -0.2) is 33.7 Å². The second-order valence-electron chi connectivity index (χ2n) is 2.83. The first-order valence-corrected chi connectivity index (χ1v) is 5.12. The highest BCUT2D eigenvalue weighted by molar-refractivity contribution is 7.52. The van der Waals surface area contributed by atoms with Gasteiger partial charge in [0.2, 0.25) is 0 Å². The Morgan fingerprint density at radius 2 is 1.47 bits per heavy atom. The van der Waals surface area contributed by atoms with Crippen LogP contribution in [0.1, 0.15) is 6.92 Å². The highest BCUT2D eigenvalue weighted by Gasteiger charge is 2.69. The minimum atomic E-state index is -6.05. The van der Waals surface area contributed by atoms with Crippen molar-refractivity contribution in [3.8, 4) is 0 Å². The quantitative estimate of drug-likeness (QED) is 0.603. The van der Waals surface area contributed by atoms with Gasteiger partial charge in [0.05, 0.1) is 0 Å². The Labute approximate surface area is 80.2 Å². The molecule has 0 saturated carbocycles. The van der Waals surface area contributed by atoms with Crippen molar-refractivity contribution in [2.75, 3.05) is 0 Å². The van der Waals surface area contributed by atoms with Gasteiger partial charge < -0.3 is 9.79 Å². The molecule has 0 aromatic heterocycles. The Hall–Kier alpha value is -0.270. The molecule has 92 valence electrons. The van der Waals surface area contributed by atoms with Crippen LogP contribution in [-0.2, 0) is 4.57 Å². The topological polar surface area (TPSA) is 57.5 Å². The monoisotopic (exact) mass is 260 g/mol. The number of alkyl halides is 6. The van der Waals surface area contributed by atoms with Crippen LogP contribution in [0.5, 0.6) is 0 Å². The lowest BCUT2D eigenvalue weighted by Crippen LogP contribution is -2.54. The first-order valence-electron chi connectivity index (χ1n) is 3.44. The number of hydrogen-bond donors (Lipinski definition) is 2. The normalized spacial score (nSPS) is 20.1. The summed E-state index contributed by atoms with van der Waals surface area (Å²) in [5.41, 5.74) is -8.38. The minimum absolute atomic E-state index is 0.0838. The zero-order valence-corrected chi connectivity index (χ0v) is 8.07. The molecular weight excluding hydrogens is 253 g/mol. The third-order valence-corrected chi connectivity index (χ3v) is 3.25. The molecule has 2 N–H and O–H groups in total. The van der Waals surface area contributed by atoms with Crippen molar-refractivity contribution in [1.82, 2.24) is 0 Å². The molecule has 2 unspecified atom stereocenters. The number of halogens is 6. The molecule has 0 aromatic carbocycles. The maximum absolute atomic E-state index is 12.9. The van der Waals surface area contributed by atoms with E-state index in [2.05, 4.69) is 0 Å². The van der Waals surface area contributed by atoms with Crippen LogP contribution >= 0.6 is 7.60 Å². The van der Waals surface area contributed by atoms with Crippen molar-refractivity contribution in [3.63, 3.8) is 0 Å². The summed E-state index contributed by atoms with van der Waals surface area (Å²) in [5.74, 6) is 0. The Bertz CT molecular complexity index is 272. The van der Waals surface area contributed by atoms with Gasteiger partial charge in [-0.15, -0.1) is 0 Å². The summed E-state index contributed by atoms with van der Waals surface area (Å²) in [4.78, 5) is 16.5. The van der Waals surface area contributed by atoms with E-state index in [0.717, 1.165) is 0 Å². The van der Waals surface area contributed by atoms with E-state index in [9.17, 15) is 30.9 Å². The molecular formula is C5H7F6O3P. The van der Waals surface area contributed by atoms with Crippen molar-refractivity contribution in [2.45, 2.75) is 30.9 Å². The van der Waals surface area contributed by atoms with Crippen molar-refractivity contribution in [1.29, 1.82) is 0 Å². The van der Waals surface area contributed by atoms with Crippen LogP contribution in [0, 0.1) is 0 Å². The third kappa shape index (κ3) is 2.64. The van der Waals surface area contributed by atoms with E-state index >= 15 is 0 Å². The van der Waals surface area contributed by atoms with Gasteiger partial charge in [-0.3, -0.25) is 4.57 Å². The first kappa shape index (κ1) is 14.7. The van der Waals surface area contributed by atoms with E-state index in [0.29, 0.717) is 0 Å². The van der Waals surface area contributed by atoms with Gasteiger partial charge in [0.1, 0.15) is 5.66 Å². The Morgan fingerprint density at radius 3 is 1.53 bits per heavy atom. The van der Waals surface area contributed by atoms with Crippen molar-refractivity contribution >= 4 is 7.60 Å². The lowest BCUT2D eigenvalue weighted by Gasteiger charge is -2.32. The molecule has 0 aromatic rings. The second-order valence-corrected chi connectivity index (χ2v) is 4.78. The fraction of sp³-hybridized carbons (Fsp3) is 1.00. The molecule has 0 radical (unpaired) electrons. The van der Waals surface area contributed by atoms with E-state index in [1.807, 2.05) is 0 Å². The maximum atomic E-state index is 12.9. The van der Waals surface area contributed by atoms with Crippen molar-refractivity contribution < 1.29 is 40.7 Å². The largest absolute Gasteiger partial charge is 0.429 e. The van der Waals surface area contributed by atoms with Crippen LogP contribution in [0.3, 0.4) is 0 Å². The summed E-state index contributed by atoms with van der Waals surface area (Å²) in [5, 5.41) is 0. The van der Waals surface area contributed by atoms with E-state index in [1.165, 1.54) is 0 Å². The summed E-state index contributed by atoms with van der Waals surface area (Å²) in [7, 11) is -5.60. The van der Waals surface area contributed by atoms with Crippen LogP contribution in [0.2, 0.25) is 0 Å². The van der Waals surface area contributed by atoms with Gasteiger partial charge in [-0.25, -0.2) is 13.2 Å². The molecule has 0 amide bonds.